The minimum atomic E-state index is -1.08. The van der Waals surface area contributed by atoms with Crippen LogP contribution in [0.5, 0.6) is 0 Å². The summed E-state index contributed by atoms with van der Waals surface area (Å²) in [6.07, 6.45) is 3.36. The maximum Gasteiger partial charge on any atom is 0.291 e. The van der Waals surface area contributed by atoms with Crippen molar-refractivity contribution in [3.63, 3.8) is 0 Å². The van der Waals surface area contributed by atoms with Crippen LogP contribution in [0.25, 0.3) is 21.8 Å². The van der Waals surface area contributed by atoms with Crippen molar-refractivity contribution >= 4 is 38.3 Å². The number of hydrogen-bond donors (Lipinski definition) is 1. The summed E-state index contributed by atoms with van der Waals surface area (Å²) in [7, 11) is 0.769. The Morgan fingerprint density at radius 1 is 1.15 bits per heavy atom. The number of aryl methyl sites for hydroxylation is 1. The van der Waals surface area contributed by atoms with Crippen molar-refractivity contribution in [1.82, 2.24) is 14.3 Å². The lowest BCUT2D eigenvalue weighted by atomic mass is 10.2. The van der Waals surface area contributed by atoms with Crippen molar-refractivity contribution in [3.8, 4) is 0 Å². The van der Waals surface area contributed by atoms with E-state index in [-0.39, 0.29) is 5.56 Å². The van der Waals surface area contributed by atoms with Crippen molar-refractivity contribution in [1.29, 1.82) is 0 Å². The van der Waals surface area contributed by atoms with Gasteiger partial charge in [-0.2, -0.15) is 5.10 Å². The first-order valence-electron chi connectivity index (χ1n) is 8.12. The zero-order valence-corrected chi connectivity index (χ0v) is 15.3. The zero-order valence-electron chi connectivity index (χ0n) is 14.5. The lowest BCUT2D eigenvalue weighted by molar-refractivity contribution is 0.644. The summed E-state index contributed by atoms with van der Waals surface area (Å²) in [6.45, 7) is 0.353. The number of aromatic nitrogens is 3. The van der Waals surface area contributed by atoms with E-state index < -0.39 is 10.8 Å². The van der Waals surface area contributed by atoms with Crippen LogP contribution < -0.4 is 11.3 Å². The molecule has 0 aliphatic carbocycles. The predicted octanol–water partition coefficient (Wildman–Crippen LogP) is 2.26. The molecular weight excluding hydrogens is 348 g/mol. The lowest BCUT2D eigenvalue weighted by Crippen LogP contribution is -2.24. The summed E-state index contributed by atoms with van der Waals surface area (Å²) in [5, 5.41) is 6.07. The molecule has 0 saturated heterocycles. The van der Waals surface area contributed by atoms with Crippen molar-refractivity contribution in [2.24, 2.45) is 7.05 Å². The van der Waals surface area contributed by atoms with E-state index in [1.54, 1.807) is 12.5 Å². The maximum atomic E-state index is 13.0. The van der Waals surface area contributed by atoms with Gasteiger partial charge in [0, 0.05) is 45.5 Å². The van der Waals surface area contributed by atoms with E-state index in [0.717, 1.165) is 26.7 Å². The van der Waals surface area contributed by atoms with E-state index in [9.17, 15) is 9.00 Å². The molecular formula is C19H18N4O2S. The number of hydrogen-bond acceptors (Lipinski definition) is 4. The molecule has 4 aromatic rings. The summed E-state index contributed by atoms with van der Waals surface area (Å²) < 4.78 is 15.1. The van der Waals surface area contributed by atoms with Gasteiger partial charge in [0.15, 0.2) is 0 Å². The van der Waals surface area contributed by atoms with E-state index >= 15 is 0 Å². The van der Waals surface area contributed by atoms with Crippen LogP contribution in [0.4, 0.5) is 5.69 Å². The normalized spacial score (nSPS) is 12.7. The molecule has 0 aliphatic heterocycles. The molecule has 2 heterocycles. The third-order valence-electron chi connectivity index (χ3n) is 4.59. The van der Waals surface area contributed by atoms with Crippen LogP contribution >= 0.6 is 0 Å². The molecule has 6 nitrogen and oxygen atoms in total. The average molecular weight is 366 g/mol. The summed E-state index contributed by atoms with van der Waals surface area (Å²) in [6, 6.07) is 13.0. The van der Waals surface area contributed by atoms with E-state index in [1.807, 2.05) is 54.1 Å². The first kappa shape index (κ1) is 16.5. The summed E-state index contributed by atoms with van der Waals surface area (Å²) >= 11 is 0. The first-order chi connectivity index (χ1) is 12.5. The fourth-order valence-corrected chi connectivity index (χ4v) is 3.83. The van der Waals surface area contributed by atoms with E-state index in [4.69, 9.17) is 5.73 Å². The van der Waals surface area contributed by atoms with Gasteiger partial charge in [-0.1, -0.05) is 18.2 Å². The summed E-state index contributed by atoms with van der Waals surface area (Å²) in [5.74, 6) is 0. The number of benzene rings is 2. The number of fused-ring (bicyclic) bond motifs is 3. The molecule has 0 spiro atoms. The van der Waals surface area contributed by atoms with Crippen molar-refractivity contribution in [2.75, 3.05) is 12.0 Å². The second-order valence-electron chi connectivity index (χ2n) is 6.31. The average Bonchev–Trinajstić information content (AvgIpc) is 2.90. The molecule has 26 heavy (non-hydrogen) atoms. The van der Waals surface area contributed by atoms with Gasteiger partial charge >= 0.3 is 0 Å². The van der Waals surface area contributed by atoms with Crippen molar-refractivity contribution < 1.29 is 4.21 Å². The van der Waals surface area contributed by atoms with Crippen molar-refractivity contribution in [3.05, 3.63) is 64.6 Å². The number of nitrogens with two attached hydrogens (primary N) is 1. The van der Waals surface area contributed by atoms with Gasteiger partial charge < -0.3 is 10.3 Å². The highest BCUT2D eigenvalue weighted by molar-refractivity contribution is 7.84. The Bertz CT molecular complexity index is 1240. The quantitative estimate of drug-likeness (QED) is 0.564. The number of nitrogen functional groups attached to an aromatic ring is 1. The molecule has 0 unspecified atom stereocenters. The zero-order chi connectivity index (χ0) is 18.4. The Morgan fingerprint density at radius 3 is 2.69 bits per heavy atom. The third-order valence-corrected chi connectivity index (χ3v) is 5.51. The van der Waals surface area contributed by atoms with E-state index in [2.05, 4.69) is 5.10 Å². The second kappa shape index (κ2) is 6.10. The monoisotopic (exact) mass is 366 g/mol. The maximum absolute atomic E-state index is 13.0. The third kappa shape index (κ3) is 2.61. The number of rotatable bonds is 3. The van der Waals surface area contributed by atoms with Crippen LogP contribution in [0.1, 0.15) is 5.56 Å². The van der Waals surface area contributed by atoms with Gasteiger partial charge in [0.2, 0.25) is 0 Å². The van der Waals surface area contributed by atoms with Crippen LogP contribution in [-0.4, -0.2) is 24.8 Å². The van der Waals surface area contributed by atoms with Gasteiger partial charge in [-0.05, 0) is 29.8 Å². The van der Waals surface area contributed by atoms with Gasteiger partial charge in [0.05, 0.1) is 18.3 Å². The van der Waals surface area contributed by atoms with Crippen LogP contribution in [-0.2, 0) is 24.4 Å². The smallest absolute Gasteiger partial charge is 0.291 e. The van der Waals surface area contributed by atoms with Crippen LogP contribution in [0, 0.1) is 0 Å². The fraction of sp³-hybridized carbons (Fsp3) is 0.158. The standard InChI is InChI=1S/C19H18N4O2S/c1-22-17-9-14(26(2)25)6-7-15(17)16-10-21-23(19(24)18(16)22)11-12-4-3-5-13(20)8-12/h3-10H,11,20H2,1-2H3/t26-/m1/s1. The lowest BCUT2D eigenvalue weighted by Gasteiger charge is -2.06. The molecule has 2 N–H and O–H groups in total. The molecule has 0 aliphatic rings. The Balaban J connectivity index is 1.92. The molecule has 0 saturated carbocycles. The van der Waals surface area contributed by atoms with Gasteiger partial charge in [-0.15, -0.1) is 0 Å². The first-order valence-corrected chi connectivity index (χ1v) is 9.67. The van der Waals surface area contributed by atoms with Gasteiger partial charge in [-0.25, -0.2) is 4.68 Å². The molecule has 4 rings (SSSR count). The predicted molar refractivity (Wildman–Crippen MR) is 105 cm³/mol. The van der Waals surface area contributed by atoms with Gasteiger partial charge in [0.1, 0.15) is 5.52 Å². The van der Waals surface area contributed by atoms with Crippen molar-refractivity contribution in [2.45, 2.75) is 11.4 Å². The Kier molecular flexibility index (Phi) is 3.88. The minimum absolute atomic E-state index is 0.164. The molecule has 0 fully saturated rings. The van der Waals surface area contributed by atoms with Gasteiger partial charge in [0.25, 0.3) is 5.56 Å². The Morgan fingerprint density at radius 2 is 1.96 bits per heavy atom. The minimum Gasteiger partial charge on any atom is -0.399 e. The van der Waals surface area contributed by atoms with Crippen LogP contribution in [0.15, 0.2) is 58.4 Å². The molecule has 2 aromatic carbocycles. The van der Waals surface area contributed by atoms with Crippen LogP contribution in [0.3, 0.4) is 0 Å². The van der Waals surface area contributed by atoms with E-state index in [1.165, 1.54) is 4.68 Å². The Hall–Kier alpha value is -2.93. The van der Waals surface area contributed by atoms with Crippen LogP contribution in [0.2, 0.25) is 0 Å². The highest BCUT2D eigenvalue weighted by Gasteiger charge is 2.15. The molecule has 0 radical (unpaired) electrons. The molecule has 1 atom stereocenters. The summed E-state index contributed by atoms with van der Waals surface area (Å²) in [4.78, 5) is 13.7. The molecule has 2 aromatic heterocycles. The number of anilines is 1. The molecule has 0 bridgehead atoms. The largest absolute Gasteiger partial charge is 0.399 e. The molecule has 7 heteroatoms. The molecule has 0 amide bonds. The SMILES string of the molecule is Cn1c2cc([S@@](C)=O)ccc2c2cnn(Cc3cccc(N)c3)c(=O)c21. The Labute approximate surface area is 152 Å². The van der Waals surface area contributed by atoms with E-state index in [0.29, 0.717) is 17.7 Å². The highest BCUT2D eigenvalue weighted by atomic mass is 32.2. The van der Waals surface area contributed by atoms with Gasteiger partial charge in [-0.3, -0.25) is 9.00 Å². The summed E-state index contributed by atoms with van der Waals surface area (Å²) in [5.41, 5.74) is 8.68. The second-order valence-corrected chi connectivity index (χ2v) is 7.69. The highest BCUT2D eigenvalue weighted by Crippen LogP contribution is 2.27. The molecule has 132 valence electrons. The fourth-order valence-electron chi connectivity index (χ4n) is 3.29. The number of nitrogens with zero attached hydrogens (tertiary/aromatic N) is 3. The topological polar surface area (TPSA) is 82.9 Å².